The molecule has 1 amide bonds. The van der Waals surface area contributed by atoms with Gasteiger partial charge < -0.3 is 25.3 Å². The highest BCUT2D eigenvalue weighted by atomic mass is 16.4. The van der Waals surface area contributed by atoms with Crippen LogP contribution in [0.2, 0.25) is 0 Å². The monoisotopic (exact) mass is 575 g/mol. The van der Waals surface area contributed by atoms with Gasteiger partial charge in [-0.3, -0.25) is 4.79 Å². The average molecular weight is 576 g/mol. The van der Waals surface area contributed by atoms with E-state index in [0.717, 1.165) is 49.0 Å². The number of carbonyl (C=O) groups excluding carboxylic acids is 1. The Morgan fingerprint density at radius 2 is 1.98 bits per heavy atom. The third-order valence-corrected chi connectivity index (χ3v) is 12.1. The van der Waals surface area contributed by atoms with Crippen LogP contribution in [0, 0.1) is 28.6 Å². The first-order valence-corrected chi connectivity index (χ1v) is 15.5. The fourth-order valence-electron chi connectivity index (χ4n) is 9.98. The van der Waals surface area contributed by atoms with Crippen LogP contribution in [0.15, 0.2) is 36.0 Å². The Kier molecular flexibility index (Phi) is 6.28. The van der Waals surface area contributed by atoms with Crippen molar-refractivity contribution in [2.75, 3.05) is 13.2 Å². The van der Waals surface area contributed by atoms with Crippen LogP contribution in [0.25, 0.3) is 11.8 Å². The molecule has 8 atom stereocenters. The molecule has 5 aliphatic rings. The van der Waals surface area contributed by atoms with Crippen molar-refractivity contribution < 1.29 is 30.0 Å². The van der Waals surface area contributed by atoms with Gasteiger partial charge in [-0.25, -0.2) is 9.48 Å². The van der Waals surface area contributed by atoms with Gasteiger partial charge in [-0.05, 0) is 104 Å². The number of aliphatic hydroxyl groups excluding tert-OH is 2. The molecule has 1 aromatic carbocycles. The highest BCUT2D eigenvalue weighted by molar-refractivity contribution is 5.95. The first-order valence-electron chi connectivity index (χ1n) is 15.5. The van der Waals surface area contributed by atoms with E-state index in [1.807, 2.05) is 42.1 Å². The third-order valence-electron chi connectivity index (χ3n) is 12.1. The number of aliphatic carboxylic acids is 1. The summed E-state index contributed by atoms with van der Waals surface area (Å²) in [6.07, 6.45) is 8.74. The maximum atomic E-state index is 13.3. The standard InChI is InChI=1S/C33H41N3O6/c1-31-15-20-17-34-36(22-6-3-5-19(13-22)29(39)35-12-4-7-23(35)18-37)26(20)14-21(31)8-9-24-25-10-11-33(42,30(40)41)32(25,2)16-27(38)28(24)31/h3,5-6,13-14,17,23-25,27-28,37-38,42H,4,7-12,15-16,18H2,1-2H3,(H,40,41)/t23-,24+,25+,27+,28-,31+,32+,33+/m1/s1. The topological polar surface area (TPSA) is 136 Å². The van der Waals surface area contributed by atoms with E-state index in [0.29, 0.717) is 18.5 Å². The second-order valence-electron chi connectivity index (χ2n) is 14.0. The highest BCUT2D eigenvalue weighted by Crippen LogP contribution is 2.67. The van der Waals surface area contributed by atoms with Crippen LogP contribution in [0.4, 0.5) is 0 Å². The summed E-state index contributed by atoms with van der Waals surface area (Å²) in [6.45, 7) is 4.75. The van der Waals surface area contributed by atoms with Gasteiger partial charge in [-0.1, -0.05) is 25.5 Å². The number of carboxylic acids is 1. The van der Waals surface area contributed by atoms with E-state index in [1.54, 1.807) is 4.90 Å². The van der Waals surface area contributed by atoms with Crippen molar-refractivity contribution in [1.29, 1.82) is 0 Å². The van der Waals surface area contributed by atoms with Gasteiger partial charge in [0.1, 0.15) is 0 Å². The Labute approximate surface area is 245 Å². The zero-order valence-corrected chi connectivity index (χ0v) is 24.4. The number of likely N-dealkylation sites (tertiary alicyclic amines) is 1. The first-order chi connectivity index (χ1) is 20.0. The van der Waals surface area contributed by atoms with Gasteiger partial charge >= 0.3 is 5.97 Å². The van der Waals surface area contributed by atoms with Crippen LogP contribution in [-0.2, 0) is 11.2 Å². The van der Waals surface area contributed by atoms with Gasteiger partial charge in [-0.15, -0.1) is 0 Å². The zero-order chi connectivity index (χ0) is 29.6. The molecule has 4 fully saturated rings. The number of rotatable bonds is 4. The normalized spacial score (nSPS) is 38.7. The van der Waals surface area contributed by atoms with E-state index < -0.39 is 23.1 Å². The quantitative estimate of drug-likeness (QED) is 0.439. The van der Waals surface area contributed by atoms with E-state index in [-0.39, 0.29) is 54.6 Å². The summed E-state index contributed by atoms with van der Waals surface area (Å²) in [5.41, 5.74) is 1.81. The van der Waals surface area contributed by atoms with Crippen molar-refractivity contribution in [2.45, 2.75) is 83.0 Å². The Balaban J connectivity index is 1.20. The number of hydrogen-bond acceptors (Lipinski definition) is 6. The van der Waals surface area contributed by atoms with E-state index in [2.05, 4.69) is 13.0 Å². The van der Waals surface area contributed by atoms with Crippen LogP contribution in [0.1, 0.15) is 80.4 Å². The van der Waals surface area contributed by atoms with E-state index in [4.69, 9.17) is 5.10 Å². The van der Waals surface area contributed by atoms with Crippen LogP contribution < -0.4 is 0 Å². The smallest absolute Gasteiger partial charge is 0.336 e. The fraction of sp³-hybridized carbons (Fsp3) is 0.606. The van der Waals surface area contributed by atoms with Crippen molar-refractivity contribution in [3.8, 4) is 5.69 Å². The lowest BCUT2D eigenvalue weighted by Crippen LogP contribution is -2.61. The number of amides is 1. The van der Waals surface area contributed by atoms with Gasteiger partial charge in [0, 0.05) is 17.5 Å². The number of aromatic nitrogens is 2. The number of nitrogens with zero attached hydrogens (tertiary/aromatic N) is 3. The molecule has 9 heteroatoms. The third kappa shape index (κ3) is 3.69. The largest absolute Gasteiger partial charge is 0.479 e. The molecule has 0 bridgehead atoms. The number of hydrogen-bond donors (Lipinski definition) is 4. The van der Waals surface area contributed by atoms with Gasteiger partial charge in [0.15, 0.2) is 5.60 Å². The van der Waals surface area contributed by atoms with Gasteiger partial charge in [-0.2, -0.15) is 5.10 Å². The molecule has 9 nitrogen and oxygen atoms in total. The van der Waals surface area contributed by atoms with Crippen LogP contribution >= 0.6 is 0 Å². The number of benzene rings is 1. The summed E-state index contributed by atoms with van der Waals surface area (Å²) in [5.74, 6) is -1.07. The predicted octanol–water partition coefficient (Wildman–Crippen LogP) is 3.44. The van der Waals surface area contributed by atoms with Crippen molar-refractivity contribution >= 4 is 18.0 Å². The summed E-state index contributed by atoms with van der Waals surface area (Å²) in [7, 11) is 0. The Morgan fingerprint density at radius 3 is 2.74 bits per heavy atom. The minimum absolute atomic E-state index is 0.0240. The summed E-state index contributed by atoms with van der Waals surface area (Å²) < 4.78 is 1.90. The minimum Gasteiger partial charge on any atom is -0.479 e. The van der Waals surface area contributed by atoms with E-state index in [1.165, 1.54) is 5.57 Å². The average Bonchev–Trinajstić information content (AvgIpc) is 3.67. The number of fused-ring (bicyclic) bond motifs is 6. The molecule has 1 aromatic heterocycles. The zero-order valence-electron chi connectivity index (χ0n) is 24.4. The van der Waals surface area contributed by atoms with Gasteiger partial charge in [0.2, 0.25) is 0 Å². The number of carboxylic acid groups (broad SMARTS) is 1. The molecule has 0 radical (unpaired) electrons. The number of allylic oxidation sites excluding steroid dienone is 1. The molecule has 2 aromatic rings. The molecule has 42 heavy (non-hydrogen) atoms. The van der Waals surface area contributed by atoms with E-state index >= 15 is 0 Å². The van der Waals surface area contributed by atoms with Crippen molar-refractivity contribution in [3.05, 3.63) is 52.9 Å². The van der Waals surface area contributed by atoms with E-state index in [9.17, 15) is 30.0 Å². The lowest BCUT2D eigenvalue weighted by molar-refractivity contribution is -0.193. The van der Waals surface area contributed by atoms with Crippen LogP contribution in [-0.4, -0.2) is 77.9 Å². The summed E-state index contributed by atoms with van der Waals surface area (Å²) >= 11 is 0. The lowest BCUT2D eigenvalue weighted by atomic mass is 9.45. The summed E-state index contributed by atoms with van der Waals surface area (Å²) in [4.78, 5) is 27.2. The highest BCUT2D eigenvalue weighted by Gasteiger charge is 2.68. The Hall–Kier alpha value is -3.01. The molecule has 4 aliphatic carbocycles. The maximum absolute atomic E-state index is 13.3. The molecule has 224 valence electrons. The maximum Gasteiger partial charge on any atom is 0.336 e. The van der Waals surface area contributed by atoms with Gasteiger partial charge in [0.25, 0.3) is 5.91 Å². The molecule has 4 N–H and O–H groups in total. The number of aliphatic hydroxyl groups is 3. The summed E-state index contributed by atoms with van der Waals surface area (Å²) in [6, 6.07) is 7.39. The van der Waals surface area contributed by atoms with Gasteiger partial charge in [0.05, 0.1) is 36.3 Å². The molecule has 1 saturated heterocycles. The molecule has 0 spiro atoms. The molecular weight excluding hydrogens is 534 g/mol. The van der Waals surface area contributed by atoms with Crippen molar-refractivity contribution in [2.24, 2.45) is 28.6 Å². The number of carbonyl (C=O) groups is 2. The molecule has 0 unspecified atom stereocenters. The second kappa shape index (κ2) is 9.49. The Bertz CT molecular complexity index is 1480. The lowest BCUT2D eigenvalue weighted by Gasteiger charge is -2.60. The first kappa shape index (κ1) is 27.8. The second-order valence-corrected chi connectivity index (χ2v) is 14.0. The predicted molar refractivity (Wildman–Crippen MR) is 155 cm³/mol. The SMILES string of the molecule is C[C@]12Cc3cnn(-c4cccc(C(=O)N5CCC[C@@H]5CO)c4)c3C=C1CC[C@@H]1[C@@H]2[C@@H](O)C[C@@]2(C)[C@H]1CC[C@]2(O)C(=O)O. The molecule has 1 aliphatic heterocycles. The summed E-state index contributed by atoms with van der Waals surface area (Å²) in [5, 5.41) is 47.3. The molecular formula is C33H41N3O6. The molecule has 7 rings (SSSR count). The Morgan fingerprint density at radius 1 is 1.17 bits per heavy atom. The fourth-order valence-corrected chi connectivity index (χ4v) is 9.98. The molecule has 2 heterocycles. The van der Waals surface area contributed by atoms with Crippen LogP contribution in [0.3, 0.4) is 0 Å². The van der Waals surface area contributed by atoms with Crippen molar-refractivity contribution in [3.63, 3.8) is 0 Å². The van der Waals surface area contributed by atoms with Crippen molar-refractivity contribution in [1.82, 2.24) is 14.7 Å². The minimum atomic E-state index is -1.80. The van der Waals surface area contributed by atoms with Crippen LogP contribution in [0.5, 0.6) is 0 Å². The molecule has 3 saturated carbocycles.